The van der Waals surface area contributed by atoms with Crippen molar-refractivity contribution < 1.29 is 4.39 Å². The Balaban J connectivity index is 2.20. The van der Waals surface area contributed by atoms with Gasteiger partial charge in [-0.25, -0.2) is 9.07 Å². The van der Waals surface area contributed by atoms with E-state index in [-0.39, 0.29) is 5.82 Å². The Hall–Kier alpha value is -1.13. The summed E-state index contributed by atoms with van der Waals surface area (Å²) >= 11 is 11.2. The smallest absolute Gasteiger partial charge is 0.129 e. The second-order valence-corrected chi connectivity index (χ2v) is 3.98. The summed E-state index contributed by atoms with van der Waals surface area (Å²) in [4.78, 5) is 0. The van der Waals surface area contributed by atoms with Crippen LogP contribution in [0.4, 0.5) is 4.39 Å². The molecule has 0 unspecified atom stereocenters. The molecule has 1 heterocycles. The van der Waals surface area contributed by atoms with Crippen LogP contribution in [-0.2, 0) is 12.4 Å². The molecule has 0 atom stereocenters. The Morgan fingerprint density at radius 2 is 2.19 bits per heavy atom. The van der Waals surface area contributed by atoms with E-state index in [2.05, 4.69) is 10.3 Å². The first-order chi connectivity index (χ1) is 7.69. The van der Waals surface area contributed by atoms with Crippen molar-refractivity contribution in [2.75, 3.05) is 0 Å². The van der Waals surface area contributed by atoms with E-state index in [0.717, 1.165) is 0 Å². The SMILES string of the molecule is Fc1cc(Cl)ccc1Cn1cc(CCl)nn1. The fourth-order valence-electron chi connectivity index (χ4n) is 1.30. The minimum Gasteiger partial charge on any atom is -0.248 e. The minimum absolute atomic E-state index is 0.295. The second kappa shape index (κ2) is 4.80. The van der Waals surface area contributed by atoms with Crippen LogP contribution in [0, 0.1) is 5.82 Å². The molecule has 0 amide bonds. The predicted octanol–water partition coefficient (Wildman–Crippen LogP) is 2.86. The van der Waals surface area contributed by atoms with Gasteiger partial charge in [-0.3, -0.25) is 0 Å². The van der Waals surface area contributed by atoms with Crippen molar-refractivity contribution in [1.29, 1.82) is 0 Å². The predicted molar refractivity (Wildman–Crippen MR) is 60.1 cm³/mol. The van der Waals surface area contributed by atoms with Gasteiger partial charge < -0.3 is 0 Å². The van der Waals surface area contributed by atoms with E-state index in [1.807, 2.05) is 0 Å². The summed E-state index contributed by atoms with van der Waals surface area (Å²) in [7, 11) is 0. The number of rotatable bonds is 3. The van der Waals surface area contributed by atoms with Crippen molar-refractivity contribution in [2.24, 2.45) is 0 Å². The van der Waals surface area contributed by atoms with Crippen LogP contribution < -0.4 is 0 Å². The number of aromatic nitrogens is 3. The summed E-state index contributed by atoms with van der Waals surface area (Å²) in [5.74, 6) is -0.0567. The van der Waals surface area contributed by atoms with Crippen LogP contribution in [-0.4, -0.2) is 15.0 Å². The van der Waals surface area contributed by atoms with Gasteiger partial charge in [0.15, 0.2) is 0 Å². The van der Waals surface area contributed by atoms with E-state index in [1.165, 1.54) is 10.7 Å². The van der Waals surface area contributed by atoms with Crippen LogP contribution in [0.15, 0.2) is 24.4 Å². The van der Waals surface area contributed by atoms with Crippen molar-refractivity contribution in [3.05, 3.63) is 46.5 Å². The number of halogens is 3. The molecular formula is C10H8Cl2FN3. The number of benzene rings is 1. The van der Waals surface area contributed by atoms with E-state index in [4.69, 9.17) is 23.2 Å². The lowest BCUT2D eigenvalue weighted by atomic mass is 10.2. The van der Waals surface area contributed by atoms with E-state index >= 15 is 0 Å². The van der Waals surface area contributed by atoms with Crippen LogP contribution in [0.3, 0.4) is 0 Å². The number of hydrogen-bond donors (Lipinski definition) is 0. The molecule has 2 rings (SSSR count). The third-order valence-electron chi connectivity index (χ3n) is 2.07. The molecule has 2 aromatic rings. The Morgan fingerprint density at radius 3 is 2.81 bits per heavy atom. The lowest BCUT2D eigenvalue weighted by Gasteiger charge is -2.02. The van der Waals surface area contributed by atoms with Crippen LogP contribution >= 0.6 is 23.2 Å². The molecule has 1 aromatic heterocycles. The lowest BCUT2D eigenvalue weighted by molar-refractivity contribution is 0.577. The highest BCUT2D eigenvalue weighted by molar-refractivity contribution is 6.30. The van der Waals surface area contributed by atoms with Gasteiger partial charge in [-0.15, -0.1) is 16.7 Å². The van der Waals surface area contributed by atoms with Gasteiger partial charge in [0.2, 0.25) is 0 Å². The van der Waals surface area contributed by atoms with E-state index in [1.54, 1.807) is 18.3 Å². The maximum Gasteiger partial charge on any atom is 0.129 e. The molecule has 0 radical (unpaired) electrons. The maximum absolute atomic E-state index is 13.5. The molecule has 0 fully saturated rings. The van der Waals surface area contributed by atoms with Gasteiger partial charge in [0.05, 0.1) is 24.3 Å². The maximum atomic E-state index is 13.5. The van der Waals surface area contributed by atoms with Gasteiger partial charge in [0.1, 0.15) is 5.82 Å². The average molecular weight is 260 g/mol. The number of alkyl halides is 1. The van der Waals surface area contributed by atoms with Gasteiger partial charge in [0.25, 0.3) is 0 Å². The summed E-state index contributed by atoms with van der Waals surface area (Å²) in [5.41, 5.74) is 1.17. The van der Waals surface area contributed by atoms with Crippen LogP contribution in [0.1, 0.15) is 11.3 Å². The Labute approximate surface area is 102 Å². The normalized spacial score (nSPS) is 10.7. The zero-order chi connectivity index (χ0) is 11.5. The van der Waals surface area contributed by atoms with Gasteiger partial charge in [0, 0.05) is 10.6 Å². The summed E-state index contributed by atoms with van der Waals surface area (Å²) in [5, 5.41) is 8.02. The molecule has 0 aliphatic heterocycles. The van der Waals surface area contributed by atoms with Gasteiger partial charge in [-0.1, -0.05) is 22.9 Å². The van der Waals surface area contributed by atoms with Crippen LogP contribution in [0.25, 0.3) is 0 Å². The Morgan fingerprint density at radius 1 is 1.38 bits per heavy atom. The zero-order valence-electron chi connectivity index (χ0n) is 8.20. The number of nitrogens with zero attached hydrogens (tertiary/aromatic N) is 3. The highest BCUT2D eigenvalue weighted by Crippen LogP contribution is 2.15. The molecule has 0 N–H and O–H groups in total. The zero-order valence-corrected chi connectivity index (χ0v) is 9.71. The lowest BCUT2D eigenvalue weighted by Crippen LogP contribution is -2.02. The summed E-state index contributed by atoms with van der Waals surface area (Å²) in [6.07, 6.45) is 1.68. The van der Waals surface area contributed by atoms with E-state index < -0.39 is 0 Å². The van der Waals surface area contributed by atoms with E-state index in [0.29, 0.717) is 28.7 Å². The third kappa shape index (κ3) is 2.51. The van der Waals surface area contributed by atoms with Crippen molar-refractivity contribution in [3.8, 4) is 0 Å². The minimum atomic E-state index is -0.351. The molecule has 0 saturated carbocycles. The topological polar surface area (TPSA) is 30.7 Å². The van der Waals surface area contributed by atoms with E-state index in [9.17, 15) is 4.39 Å². The molecule has 0 spiro atoms. The van der Waals surface area contributed by atoms with Crippen molar-refractivity contribution in [3.63, 3.8) is 0 Å². The highest BCUT2D eigenvalue weighted by Gasteiger charge is 2.05. The molecule has 0 aliphatic carbocycles. The van der Waals surface area contributed by atoms with Crippen molar-refractivity contribution >= 4 is 23.2 Å². The molecule has 3 nitrogen and oxygen atoms in total. The molecule has 0 bridgehead atoms. The number of hydrogen-bond acceptors (Lipinski definition) is 2. The molecule has 0 saturated heterocycles. The van der Waals surface area contributed by atoms with Gasteiger partial charge in [-0.2, -0.15) is 0 Å². The average Bonchev–Trinajstić information content (AvgIpc) is 2.70. The first kappa shape index (κ1) is 11.4. The molecular weight excluding hydrogens is 252 g/mol. The first-order valence-electron chi connectivity index (χ1n) is 4.58. The summed E-state index contributed by atoms with van der Waals surface area (Å²) in [6, 6.07) is 4.54. The second-order valence-electron chi connectivity index (χ2n) is 3.28. The monoisotopic (exact) mass is 259 g/mol. The molecule has 16 heavy (non-hydrogen) atoms. The molecule has 84 valence electrons. The van der Waals surface area contributed by atoms with Crippen molar-refractivity contribution in [1.82, 2.24) is 15.0 Å². The standard InChI is InChI=1S/C10H8Cl2FN3/c11-4-9-6-16(15-14-9)5-7-1-2-8(12)3-10(7)13/h1-3,6H,4-5H2. The fraction of sp³-hybridized carbons (Fsp3) is 0.200. The highest BCUT2D eigenvalue weighted by atomic mass is 35.5. The molecule has 6 heteroatoms. The summed E-state index contributed by atoms with van der Waals surface area (Å²) < 4.78 is 15.0. The van der Waals surface area contributed by atoms with Crippen molar-refractivity contribution in [2.45, 2.75) is 12.4 Å². The molecule has 1 aromatic carbocycles. The Kier molecular flexibility index (Phi) is 3.41. The van der Waals surface area contributed by atoms with Crippen LogP contribution in [0.5, 0.6) is 0 Å². The van der Waals surface area contributed by atoms with Crippen LogP contribution in [0.2, 0.25) is 5.02 Å². The quantitative estimate of drug-likeness (QED) is 0.794. The molecule has 0 aliphatic rings. The first-order valence-corrected chi connectivity index (χ1v) is 5.49. The largest absolute Gasteiger partial charge is 0.248 e. The Bertz CT molecular complexity index is 499. The summed E-state index contributed by atoms with van der Waals surface area (Å²) in [6.45, 7) is 0.312. The van der Waals surface area contributed by atoms with Gasteiger partial charge in [-0.05, 0) is 12.1 Å². The fourth-order valence-corrected chi connectivity index (χ4v) is 1.58. The van der Waals surface area contributed by atoms with Gasteiger partial charge >= 0.3 is 0 Å². The third-order valence-corrected chi connectivity index (χ3v) is 2.58.